The van der Waals surface area contributed by atoms with Crippen LogP contribution < -0.4 is 5.73 Å². The molecular formula is C11H8N4OS. The second-order valence-electron chi connectivity index (χ2n) is 3.50. The normalized spacial score (nSPS) is 10.8. The number of aromatic amines is 1. The van der Waals surface area contributed by atoms with E-state index in [-0.39, 0.29) is 0 Å². The van der Waals surface area contributed by atoms with E-state index in [0.29, 0.717) is 10.7 Å². The summed E-state index contributed by atoms with van der Waals surface area (Å²) < 4.78 is 0.852. The van der Waals surface area contributed by atoms with Gasteiger partial charge in [0, 0.05) is 5.56 Å². The monoisotopic (exact) mass is 244 g/mol. The predicted molar refractivity (Wildman–Crippen MR) is 65.7 cm³/mol. The van der Waals surface area contributed by atoms with E-state index in [2.05, 4.69) is 15.2 Å². The number of aromatic nitrogens is 3. The minimum absolute atomic E-state index is 0.297. The first-order valence-corrected chi connectivity index (χ1v) is 5.77. The molecule has 3 aromatic rings. The smallest absolute Gasteiger partial charge is 0.277 e. The fraction of sp³-hybridized carbons (Fsp3) is 0. The molecule has 1 aromatic carbocycles. The molecule has 3 N–H and O–H groups in total. The van der Waals surface area contributed by atoms with Crippen molar-refractivity contribution in [2.24, 2.45) is 5.73 Å². The fourth-order valence-corrected chi connectivity index (χ4v) is 2.49. The van der Waals surface area contributed by atoms with Crippen LogP contribution in [0.5, 0.6) is 0 Å². The first-order valence-electron chi connectivity index (χ1n) is 4.96. The van der Waals surface area contributed by atoms with Crippen molar-refractivity contribution < 1.29 is 4.79 Å². The summed E-state index contributed by atoms with van der Waals surface area (Å²) in [6, 6.07) is 9.73. The number of hydrogen-bond acceptors (Lipinski definition) is 4. The Morgan fingerprint density at radius 3 is 2.76 bits per heavy atom. The number of carbonyl (C=O) groups is 1. The van der Waals surface area contributed by atoms with Crippen LogP contribution in [-0.4, -0.2) is 21.1 Å². The summed E-state index contributed by atoms with van der Waals surface area (Å²) in [4.78, 5) is 15.1. The van der Waals surface area contributed by atoms with Gasteiger partial charge in [-0.3, -0.25) is 9.89 Å². The average Bonchev–Trinajstić information content (AvgIpc) is 2.89. The third-order valence-electron chi connectivity index (χ3n) is 2.37. The molecule has 1 amide bonds. The van der Waals surface area contributed by atoms with Crippen molar-refractivity contribution >= 4 is 27.6 Å². The van der Waals surface area contributed by atoms with Crippen LogP contribution >= 0.6 is 11.3 Å². The molecule has 0 unspecified atom stereocenters. The van der Waals surface area contributed by atoms with Crippen molar-refractivity contribution in [1.82, 2.24) is 15.2 Å². The van der Waals surface area contributed by atoms with E-state index in [9.17, 15) is 4.79 Å². The second kappa shape index (κ2) is 3.67. The molecule has 5 nitrogen and oxygen atoms in total. The molecule has 0 bridgehead atoms. The maximum absolute atomic E-state index is 11.1. The molecule has 2 heterocycles. The van der Waals surface area contributed by atoms with Crippen LogP contribution in [0.1, 0.15) is 9.80 Å². The molecule has 0 aliphatic rings. The van der Waals surface area contributed by atoms with Gasteiger partial charge in [-0.1, -0.05) is 30.3 Å². The van der Waals surface area contributed by atoms with Crippen LogP contribution in [0.4, 0.5) is 0 Å². The zero-order valence-electron chi connectivity index (χ0n) is 8.68. The largest absolute Gasteiger partial charge is 0.364 e. The SMILES string of the molecule is NC(=O)c1nc2[nH]nc(-c3ccccc3)c2s1. The Hall–Kier alpha value is -2.21. The fourth-order valence-electron chi connectivity index (χ4n) is 1.61. The maximum Gasteiger partial charge on any atom is 0.277 e. The zero-order valence-corrected chi connectivity index (χ0v) is 9.49. The second-order valence-corrected chi connectivity index (χ2v) is 4.50. The topological polar surface area (TPSA) is 84.7 Å². The van der Waals surface area contributed by atoms with Crippen molar-refractivity contribution in [1.29, 1.82) is 0 Å². The molecule has 84 valence electrons. The first kappa shape index (κ1) is 9.98. The van der Waals surface area contributed by atoms with Crippen LogP contribution in [0.25, 0.3) is 21.6 Å². The Balaban J connectivity index is 2.21. The molecule has 0 fully saturated rings. The lowest BCUT2D eigenvalue weighted by molar-refractivity contribution is 0.1000. The van der Waals surface area contributed by atoms with Crippen molar-refractivity contribution in [2.75, 3.05) is 0 Å². The standard InChI is InChI=1S/C11H8N4OS/c12-9(16)11-13-10-8(17-11)7(14-15-10)6-4-2-1-3-5-6/h1-5H,(H2,12,16)(H,14,15). The van der Waals surface area contributed by atoms with Gasteiger partial charge < -0.3 is 5.73 Å². The Bertz CT molecular complexity index is 686. The van der Waals surface area contributed by atoms with E-state index < -0.39 is 5.91 Å². The van der Waals surface area contributed by atoms with E-state index in [1.165, 1.54) is 11.3 Å². The number of benzene rings is 1. The summed E-state index contributed by atoms with van der Waals surface area (Å²) in [7, 11) is 0. The Morgan fingerprint density at radius 2 is 2.06 bits per heavy atom. The number of primary amides is 1. The number of nitrogens with one attached hydrogen (secondary N) is 1. The molecule has 2 aromatic heterocycles. The number of fused-ring (bicyclic) bond motifs is 1. The minimum Gasteiger partial charge on any atom is -0.364 e. The van der Waals surface area contributed by atoms with Gasteiger partial charge in [0.05, 0.1) is 0 Å². The van der Waals surface area contributed by atoms with Crippen LogP contribution in [-0.2, 0) is 0 Å². The number of nitrogens with zero attached hydrogens (tertiary/aromatic N) is 2. The number of carbonyl (C=O) groups excluding carboxylic acids is 1. The molecule has 0 saturated heterocycles. The van der Waals surface area contributed by atoms with E-state index in [1.807, 2.05) is 30.3 Å². The van der Waals surface area contributed by atoms with Gasteiger partial charge in [0.15, 0.2) is 10.7 Å². The van der Waals surface area contributed by atoms with E-state index in [4.69, 9.17) is 5.73 Å². The molecule has 0 spiro atoms. The summed E-state index contributed by atoms with van der Waals surface area (Å²) in [6.07, 6.45) is 0. The molecule has 0 aliphatic carbocycles. The third-order valence-corrected chi connectivity index (χ3v) is 3.45. The van der Waals surface area contributed by atoms with Crippen LogP contribution in [0, 0.1) is 0 Å². The molecule has 6 heteroatoms. The van der Waals surface area contributed by atoms with Crippen LogP contribution in [0.2, 0.25) is 0 Å². The lowest BCUT2D eigenvalue weighted by Crippen LogP contribution is -2.09. The average molecular weight is 244 g/mol. The van der Waals surface area contributed by atoms with Gasteiger partial charge in [-0.2, -0.15) is 5.10 Å². The molecule has 17 heavy (non-hydrogen) atoms. The molecule has 0 atom stereocenters. The number of rotatable bonds is 2. The van der Waals surface area contributed by atoms with E-state index in [0.717, 1.165) is 16.0 Å². The van der Waals surface area contributed by atoms with Crippen molar-refractivity contribution in [3.8, 4) is 11.3 Å². The highest BCUT2D eigenvalue weighted by Crippen LogP contribution is 2.30. The highest BCUT2D eigenvalue weighted by molar-refractivity contribution is 7.20. The zero-order chi connectivity index (χ0) is 11.8. The summed E-state index contributed by atoms with van der Waals surface area (Å²) >= 11 is 1.25. The third kappa shape index (κ3) is 1.58. The highest BCUT2D eigenvalue weighted by atomic mass is 32.1. The Morgan fingerprint density at radius 1 is 1.29 bits per heavy atom. The highest BCUT2D eigenvalue weighted by Gasteiger charge is 2.15. The Labute approximate surface area is 100 Å². The molecule has 3 rings (SSSR count). The van der Waals surface area contributed by atoms with Gasteiger partial charge in [0.25, 0.3) is 5.91 Å². The molecular weight excluding hydrogens is 236 g/mol. The van der Waals surface area contributed by atoms with Gasteiger partial charge >= 0.3 is 0 Å². The number of amides is 1. The molecule has 0 saturated carbocycles. The van der Waals surface area contributed by atoms with Crippen LogP contribution in [0.3, 0.4) is 0 Å². The number of hydrogen-bond donors (Lipinski definition) is 2. The summed E-state index contributed by atoms with van der Waals surface area (Å²) in [5.74, 6) is -0.515. The summed E-state index contributed by atoms with van der Waals surface area (Å²) in [5, 5.41) is 7.30. The van der Waals surface area contributed by atoms with E-state index in [1.54, 1.807) is 0 Å². The molecule has 0 aliphatic heterocycles. The van der Waals surface area contributed by atoms with E-state index >= 15 is 0 Å². The Kier molecular flexibility index (Phi) is 2.15. The van der Waals surface area contributed by atoms with Crippen LogP contribution in [0.15, 0.2) is 30.3 Å². The summed E-state index contributed by atoms with van der Waals surface area (Å²) in [6.45, 7) is 0. The maximum atomic E-state index is 11.1. The van der Waals surface area contributed by atoms with Crippen molar-refractivity contribution in [2.45, 2.75) is 0 Å². The number of nitrogens with two attached hydrogens (primary N) is 1. The van der Waals surface area contributed by atoms with Gasteiger partial charge in [-0.25, -0.2) is 4.98 Å². The van der Waals surface area contributed by atoms with Crippen molar-refractivity contribution in [3.63, 3.8) is 0 Å². The van der Waals surface area contributed by atoms with Crippen molar-refractivity contribution in [3.05, 3.63) is 35.3 Å². The first-order chi connectivity index (χ1) is 8.25. The molecule has 0 radical (unpaired) electrons. The lowest BCUT2D eigenvalue weighted by atomic mass is 10.2. The van der Waals surface area contributed by atoms with Gasteiger partial charge in [0.2, 0.25) is 0 Å². The van der Waals surface area contributed by atoms with Gasteiger partial charge in [0.1, 0.15) is 10.4 Å². The number of thiazole rings is 1. The predicted octanol–water partition coefficient (Wildman–Crippen LogP) is 1.79. The summed E-state index contributed by atoms with van der Waals surface area (Å²) in [5.41, 5.74) is 7.58. The number of H-pyrrole nitrogens is 1. The van der Waals surface area contributed by atoms with Gasteiger partial charge in [-0.15, -0.1) is 11.3 Å². The minimum atomic E-state index is -0.515. The van der Waals surface area contributed by atoms with Gasteiger partial charge in [-0.05, 0) is 0 Å². The lowest BCUT2D eigenvalue weighted by Gasteiger charge is -1.93. The quantitative estimate of drug-likeness (QED) is 0.720.